The molecule has 0 unspecified atom stereocenters. The Morgan fingerprint density at radius 2 is 2.08 bits per heavy atom. The Kier molecular flexibility index (Phi) is 1.74. The van der Waals surface area contributed by atoms with E-state index in [0.717, 1.165) is 23.5 Å². The normalized spacial score (nSPS) is 10.2. The van der Waals surface area contributed by atoms with E-state index in [0.29, 0.717) is 4.70 Å². The number of nitriles is 1. The summed E-state index contributed by atoms with van der Waals surface area (Å²) < 4.78 is 26.3. The lowest BCUT2D eigenvalue weighted by molar-refractivity contribution is 0.623. The molecule has 0 spiro atoms. The van der Waals surface area contributed by atoms with Gasteiger partial charge in [0.1, 0.15) is 17.7 Å². The lowest BCUT2D eigenvalue weighted by atomic mass is 10.2. The zero-order chi connectivity index (χ0) is 9.42. The van der Waals surface area contributed by atoms with Crippen molar-refractivity contribution in [3.05, 3.63) is 34.7 Å². The number of fused-ring (bicyclic) bond motifs is 1. The number of halogens is 2. The molecule has 0 radical (unpaired) electrons. The first-order valence-electron chi connectivity index (χ1n) is 3.48. The van der Waals surface area contributed by atoms with Gasteiger partial charge in [0.25, 0.3) is 0 Å². The zero-order valence-electron chi connectivity index (χ0n) is 6.34. The monoisotopic (exact) mass is 195 g/mol. The van der Waals surface area contributed by atoms with Crippen LogP contribution in [0.2, 0.25) is 0 Å². The van der Waals surface area contributed by atoms with Crippen LogP contribution < -0.4 is 0 Å². The van der Waals surface area contributed by atoms with Gasteiger partial charge in [0.2, 0.25) is 0 Å². The molecule has 1 aromatic heterocycles. The van der Waals surface area contributed by atoms with E-state index in [1.54, 1.807) is 0 Å². The minimum Gasteiger partial charge on any atom is -0.207 e. The molecule has 0 aliphatic heterocycles. The summed E-state index contributed by atoms with van der Waals surface area (Å²) in [6.07, 6.45) is 0. The molecule has 2 rings (SSSR count). The predicted molar refractivity (Wildman–Crippen MR) is 46.5 cm³/mol. The third-order valence-corrected chi connectivity index (χ3v) is 2.71. The van der Waals surface area contributed by atoms with Gasteiger partial charge in [0.05, 0.1) is 10.3 Å². The Balaban J connectivity index is 2.94. The Labute approximate surface area is 76.8 Å². The lowest BCUT2D eigenvalue weighted by Gasteiger charge is -1.93. The fourth-order valence-electron chi connectivity index (χ4n) is 1.16. The van der Waals surface area contributed by atoms with Crippen molar-refractivity contribution in [2.24, 2.45) is 0 Å². The number of thiophene rings is 1. The fourth-order valence-corrected chi connectivity index (χ4v) is 2.02. The van der Waals surface area contributed by atoms with Crippen LogP contribution in [0, 0.1) is 23.0 Å². The highest BCUT2D eigenvalue weighted by atomic mass is 32.1. The molecule has 2 aromatic rings. The Morgan fingerprint density at radius 3 is 2.77 bits per heavy atom. The van der Waals surface area contributed by atoms with Crippen molar-refractivity contribution in [3.8, 4) is 6.07 Å². The first-order valence-corrected chi connectivity index (χ1v) is 4.36. The molecule has 1 nitrogen and oxygen atoms in total. The second-order valence-electron chi connectivity index (χ2n) is 2.53. The van der Waals surface area contributed by atoms with Gasteiger partial charge in [-0.25, -0.2) is 8.78 Å². The number of nitrogens with zero attached hydrogens (tertiary/aromatic N) is 1. The molecule has 64 valence electrons. The van der Waals surface area contributed by atoms with E-state index in [1.165, 1.54) is 5.38 Å². The second-order valence-corrected chi connectivity index (χ2v) is 3.41. The predicted octanol–water partition coefficient (Wildman–Crippen LogP) is 3.05. The standard InChI is InChI=1S/C9H3F2NS/c10-6-1-5(3-12)9-7(2-6)8(11)4-13-9/h1-2,4H. The highest BCUT2D eigenvalue weighted by Crippen LogP contribution is 2.28. The van der Waals surface area contributed by atoms with Gasteiger partial charge in [0.15, 0.2) is 0 Å². The van der Waals surface area contributed by atoms with Crippen LogP contribution in [0.5, 0.6) is 0 Å². The van der Waals surface area contributed by atoms with E-state index in [4.69, 9.17) is 5.26 Å². The van der Waals surface area contributed by atoms with E-state index in [2.05, 4.69) is 0 Å². The first kappa shape index (κ1) is 8.14. The average Bonchev–Trinajstić information content (AvgIpc) is 2.47. The molecule has 1 heterocycles. The fraction of sp³-hybridized carbons (Fsp3) is 0. The summed E-state index contributed by atoms with van der Waals surface area (Å²) in [5, 5.41) is 10.1. The van der Waals surface area contributed by atoms with E-state index in [9.17, 15) is 8.78 Å². The van der Waals surface area contributed by atoms with Gasteiger partial charge in [-0.05, 0) is 12.1 Å². The molecule has 4 heteroatoms. The Morgan fingerprint density at radius 1 is 1.31 bits per heavy atom. The van der Waals surface area contributed by atoms with Gasteiger partial charge in [0, 0.05) is 10.8 Å². The number of benzene rings is 1. The number of rotatable bonds is 0. The number of hydrogen-bond acceptors (Lipinski definition) is 2. The van der Waals surface area contributed by atoms with Crippen LogP contribution in [0.25, 0.3) is 10.1 Å². The summed E-state index contributed by atoms with van der Waals surface area (Å²) in [5.41, 5.74) is 0.184. The van der Waals surface area contributed by atoms with E-state index < -0.39 is 11.6 Å². The highest BCUT2D eigenvalue weighted by Gasteiger charge is 2.09. The van der Waals surface area contributed by atoms with Crippen LogP contribution in [0.4, 0.5) is 8.78 Å². The van der Waals surface area contributed by atoms with Gasteiger partial charge in [-0.2, -0.15) is 5.26 Å². The third-order valence-electron chi connectivity index (χ3n) is 1.71. The molecule has 0 atom stereocenters. The van der Waals surface area contributed by atoms with Crippen molar-refractivity contribution in [1.29, 1.82) is 5.26 Å². The maximum absolute atomic E-state index is 13.0. The molecule has 0 bridgehead atoms. The van der Waals surface area contributed by atoms with Crippen LogP contribution >= 0.6 is 11.3 Å². The molecule has 0 saturated carbocycles. The van der Waals surface area contributed by atoms with Gasteiger partial charge < -0.3 is 0 Å². The second kappa shape index (κ2) is 2.79. The molecule has 13 heavy (non-hydrogen) atoms. The van der Waals surface area contributed by atoms with Crippen LogP contribution in [-0.2, 0) is 0 Å². The quantitative estimate of drug-likeness (QED) is 0.633. The maximum atomic E-state index is 13.0. The summed E-state index contributed by atoms with van der Waals surface area (Å²) in [4.78, 5) is 0. The van der Waals surface area contributed by atoms with Crippen LogP contribution in [0.3, 0.4) is 0 Å². The minimum absolute atomic E-state index is 0.182. The highest BCUT2D eigenvalue weighted by molar-refractivity contribution is 7.17. The molecular formula is C9H3F2NS. The van der Waals surface area contributed by atoms with Crippen LogP contribution in [0.15, 0.2) is 17.5 Å². The SMILES string of the molecule is N#Cc1cc(F)cc2c(F)csc12. The minimum atomic E-state index is -0.582. The van der Waals surface area contributed by atoms with E-state index in [1.807, 2.05) is 6.07 Å². The molecular weight excluding hydrogens is 192 g/mol. The topological polar surface area (TPSA) is 23.8 Å². The summed E-state index contributed by atoms with van der Waals surface area (Å²) >= 11 is 1.11. The first-order chi connectivity index (χ1) is 6.22. The van der Waals surface area contributed by atoms with Crippen molar-refractivity contribution in [1.82, 2.24) is 0 Å². The largest absolute Gasteiger partial charge is 0.207 e. The molecule has 1 aromatic carbocycles. The Hall–Kier alpha value is -1.47. The molecule has 0 N–H and O–H groups in total. The summed E-state index contributed by atoms with van der Waals surface area (Å²) in [6.45, 7) is 0. The third kappa shape index (κ3) is 1.18. The number of hydrogen-bond donors (Lipinski definition) is 0. The van der Waals surface area contributed by atoms with Crippen molar-refractivity contribution < 1.29 is 8.78 Å². The Bertz CT molecular complexity index is 510. The van der Waals surface area contributed by atoms with Crippen LogP contribution in [-0.4, -0.2) is 0 Å². The summed E-state index contributed by atoms with van der Waals surface area (Å²) in [6, 6.07) is 4.04. The molecule has 0 amide bonds. The van der Waals surface area contributed by atoms with Crippen molar-refractivity contribution in [2.75, 3.05) is 0 Å². The van der Waals surface area contributed by atoms with Gasteiger partial charge in [-0.1, -0.05) is 0 Å². The van der Waals surface area contributed by atoms with Crippen LogP contribution in [0.1, 0.15) is 5.56 Å². The zero-order valence-corrected chi connectivity index (χ0v) is 7.16. The van der Waals surface area contributed by atoms with Crippen molar-refractivity contribution in [2.45, 2.75) is 0 Å². The van der Waals surface area contributed by atoms with Gasteiger partial charge >= 0.3 is 0 Å². The van der Waals surface area contributed by atoms with Gasteiger partial charge in [-0.3, -0.25) is 0 Å². The lowest BCUT2D eigenvalue weighted by Crippen LogP contribution is -1.80. The van der Waals surface area contributed by atoms with Crippen molar-refractivity contribution in [3.63, 3.8) is 0 Å². The van der Waals surface area contributed by atoms with Crippen molar-refractivity contribution >= 4 is 21.4 Å². The molecule has 0 saturated heterocycles. The maximum Gasteiger partial charge on any atom is 0.141 e. The van der Waals surface area contributed by atoms with E-state index >= 15 is 0 Å². The molecule has 0 aliphatic carbocycles. The van der Waals surface area contributed by atoms with Gasteiger partial charge in [-0.15, -0.1) is 11.3 Å². The molecule has 0 aliphatic rings. The average molecular weight is 195 g/mol. The molecule has 0 fully saturated rings. The summed E-state index contributed by atoms with van der Waals surface area (Å²) in [5.74, 6) is -1.06. The smallest absolute Gasteiger partial charge is 0.141 e. The summed E-state index contributed by atoms with van der Waals surface area (Å²) in [7, 11) is 0. The van der Waals surface area contributed by atoms with E-state index in [-0.39, 0.29) is 10.9 Å².